The average molecular weight is 438 g/mol. The second-order valence-electron chi connectivity index (χ2n) is 4.44. The number of aryl methyl sites for hydroxylation is 1. The van der Waals surface area contributed by atoms with E-state index in [2.05, 4.69) is 36.6 Å². The lowest BCUT2D eigenvalue weighted by molar-refractivity contribution is 0.567. The van der Waals surface area contributed by atoms with Gasteiger partial charge < -0.3 is 5.73 Å². The normalized spacial score (nSPS) is 11.4. The third kappa shape index (κ3) is 3.75. The highest BCUT2D eigenvalue weighted by Crippen LogP contribution is 2.28. The summed E-state index contributed by atoms with van der Waals surface area (Å²) in [6.45, 7) is 1.82. The van der Waals surface area contributed by atoms with Gasteiger partial charge in [-0.05, 0) is 58.7 Å². The van der Waals surface area contributed by atoms with E-state index in [-0.39, 0.29) is 10.2 Å². The number of nitrogen functional groups attached to an aromatic ring is 1. The molecule has 8 heteroatoms. The minimum absolute atomic E-state index is 0.00621. The van der Waals surface area contributed by atoms with Crippen LogP contribution in [0.1, 0.15) is 5.56 Å². The topological polar surface area (TPSA) is 72.2 Å². The number of nitrogens with two attached hydrogens (primary N) is 1. The van der Waals surface area contributed by atoms with Crippen molar-refractivity contribution in [3.05, 3.63) is 50.7 Å². The quantitative estimate of drug-likeness (QED) is 0.711. The fraction of sp³-hybridized carbons (Fsp3) is 0.0769. The van der Waals surface area contributed by atoms with Gasteiger partial charge in [0.25, 0.3) is 10.0 Å². The molecule has 2 aromatic carbocycles. The molecule has 0 aliphatic carbocycles. The SMILES string of the molecule is Cc1cc(Br)cc(NS(=O)(=O)c2cc(N)cc(Br)c2F)c1. The van der Waals surface area contributed by atoms with Crippen molar-refractivity contribution in [2.45, 2.75) is 11.8 Å². The molecule has 0 radical (unpaired) electrons. The molecule has 0 aromatic heterocycles. The first kappa shape index (κ1) is 16.3. The lowest BCUT2D eigenvalue weighted by atomic mass is 10.2. The van der Waals surface area contributed by atoms with E-state index in [0.717, 1.165) is 16.1 Å². The van der Waals surface area contributed by atoms with Crippen LogP contribution in [0.5, 0.6) is 0 Å². The number of anilines is 2. The van der Waals surface area contributed by atoms with Gasteiger partial charge in [-0.2, -0.15) is 0 Å². The number of sulfonamides is 1. The van der Waals surface area contributed by atoms with Crippen molar-refractivity contribution < 1.29 is 12.8 Å². The highest BCUT2D eigenvalue weighted by molar-refractivity contribution is 9.10. The molecule has 0 saturated carbocycles. The zero-order valence-electron chi connectivity index (χ0n) is 10.8. The summed E-state index contributed by atoms with van der Waals surface area (Å²) in [6, 6.07) is 7.44. The predicted molar refractivity (Wildman–Crippen MR) is 88.2 cm³/mol. The Labute approximate surface area is 138 Å². The van der Waals surface area contributed by atoms with Crippen molar-refractivity contribution >= 4 is 53.3 Å². The van der Waals surface area contributed by atoms with Crippen LogP contribution in [0.3, 0.4) is 0 Å². The zero-order chi connectivity index (χ0) is 15.8. The second kappa shape index (κ2) is 5.94. The van der Waals surface area contributed by atoms with Crippen LogP contribution in [0.25, 0.3) is 0 Å². The third-order valence-electron chi connectivity index (χ3n) is 2.60. The van der Waals surface area contributed by atoms with Crippen LogP contribution in [0.15, 0.2) is 44.2 Å². The Bertz CT molecular complexity index is 790. The van der Waals surface area contributed by atoms with E-state index >= 15 is 0 Å². The van der Waals surface area contributed by atoms with Gasteiger partial charge in [0.15, 0.2) is 5.82 Å². The number of nitrogens with one attached hydrogen (secondary N) is 1. The molecule has 0 unspecified atom stereocenters. The maximum absolute atomic E-state index is 14.0. The van der Waals surface area contributed by atoms with E-state index in [1.54, 1.807) is 12.1 Å². The van der Waals surface area contributed by atoms with Gasteiger partial charge in [0.2, 0.25) is 0 Å². The zero-order valence-corrected chi connectivity index (χ0v) is 14.8. The van der Waals surface area contributed by atoms with Crippen LogP contribution in [-0.4, -0.2) is 8.42 Å². The van der Waals surface area contributed by atoms with Gasteiger partial charge in [-0.1, -0.05) is 15.9 Å². The predicted octanol–water partition coefficient (Wildman–Crippen LogP) is 4.04. The van der Waals surface area contributed by atoms with Gasteiger partial charge in [-0.3, -0.25) is 4.72 Å². The Morgan fingerprint density at radius 2 is 1.81 bits per heavy atom. The molecule has 0 heterocycles. The molecular formula is C13H11Br2FN2O2S. The molecule has 0 bridgehead atoms. The summed E-state index contributed by atoms with van der Waals surface area (Å²) in [4.78, 5) is -0.507. The Balaban J connectivity index is 2.48. The Morgan fingerprint density at radius 3 is 2.43 bits per heavy atom. The number of rotatable bonds is 3. The van der Waals surface area contributed by atoms with Crippen molar-refractivity contribution in [2.24, 2.45) is 0 Å². The Morgan fingerprint density at radius 1 is 1.14 bits per heavy atom. The van der Waals surface area contributed by atoms with Gasteiger partial charge >= 0.3 is 0 Å². The van der Waals surface area contributed by atoms with Crippen LogP contribution < -0.4 is 10.5 Å². The van der Waals surface area contributed by atoms with Gasteiger partial charge in [0.05, 0.1) is 10.2 Å². The number of halogens is 3. The maximum Gasteiger partial charge on any atom is 0.264 e. The van der Waals surface area contributed by atoms with Crippen molar-refractivity contribution in [1.29, 1.82) is 0 Å². The monoisotopic (exact) mass is 436 g/mol. The first-order valence-corrected chi connectivity index (χ1v) is 8.80. The summed E-state index contributed by atoms with van der Waals surface area (Å²) in [7, 11) is -4.08. The highest BCUT2D eigenvalue weighted by atomic mass is 79.9. The molecule has 2 aromatic rings. The Kier molecular flexibility index (Phi) is 4.60. The molecule has 4 nitrogen and oxygen atoms in total. The minimum atomic E-state index is -4.08. The minimum Gasteiger partial charge on any atom is -0.399 e. The van der Waals surface area contributed by atoms with Crippen molar-refractivity contribution in [3.8, 4) is 0 Å². The molecule has 0 spiro atoms. The van der Waals surface area contributed by atoms with Crippen LogP contribution in [0.2, 0.25) is 0 Å². The lowest BCUT2D eigenvalue weighted by Crippen LogP contribution is -2.15. The summed E-state index contributed by atoms with van der Waals surface area (Å²) in [5, 5.41) is 0. The summed E-state index contributed by atoms with van der Waals surface area (Å²) in [5.41, 5.74) is 6.91. The van der Waals surface area contributed by atoms with Crippen molar-refractivity contribution in [1.82, 2.24) is 0 Å². The summed E-state index contributed by atoms with van der Waals surface area (Å²) < 4.78 is 41.7. The fourth-order valence-corrected chi connectivity index (χ4v) is 4.18. The summed E-state index contributed by atoms with van der Waals surface area (Å²) in [6.07, 6.45) is 0. The first-order valence-electron chi connectivity index (χ1n) is 5.73. The third-order valence-corrected chi connectivity index (χ3v) is 5.02. The molecule has 21 heavy (non-hydrogen) atoms. The van der Waals surface area contributed by atoms with Crippen molar-refractivity contribution in [2.75, 3.05) is 10.5 Å². The van der Waals surface area contributed by atoms with E-state index in [4.69, 9.17) is 5.73 Å². The average Bonchev–Trinajstić information content (AvgIpc) is 2.31. The molecule has 0 amide bonds. The number of hydrogen-bond acceptors (Lipinski definition) is 3. The smallest absolute Gasteiger partial charge is 0.264 e. The molecule has 0 aliphatic rings. The van der Waals surface area contributed by atoms with Crippen LogP contribution >= 0.6 is 31.9 Å². The van der Waals surface area contributed by atoms with Gasteiger partial charge in [-0.15, -0.1) is 0 Å². The van der Waals surface area contributed by atoms with Gasteiger partial charge in [-0.25, -0.2) is 12.8 Å². The first-order chi connectivity index (χ1) is 9.69. The second-order valence-corrected chi connectivity index (χ2v) is 7.86. The molecule has 0 saturated heterocycles. The largest absolute Gasteiger partial charge is 0.399 e. The molecule has 0 atom stereocenters. The van der Waals surface area contributed by atoms with E-state index in [9.17, 15) is 12.8 Å². The fourth-order valence-electron chi connectivity index (χ4n) is 1.78. The van der Waals surface area contributed by atoms with E-state index in [1.807, 2.05) is 13.0 Å². The number of hydrogen-bond donors (Lipinski definition) is 2. The van der Waals surface area contributed by atoms with Gasteiger partial charge in [0.1, 0.15) is 4.90 Å². The summed E-state index contributed by atoms with van der Waals surface area (Å²) in [5.74, 6) is -0.886. The van der Waals surface area contributed by atoms with E-state index in [1.165, 1.54) is 6.07 Å². The Hall–Kier alpha value is -1.12. The van der Waals surface area contributed by atoms with Gasteiger partial charge in [0, 0.05) is 10.2 Å². The van der Waals surface area contributed by atoms with Crippen LogP contribution in [-0.2, 0) is 10.0 Å². The van der Waals surface area contributed by atoms with Crippen LogP contribution in [0, 0.1) is 12.7 Å². The maximum atomic E-state index is 14.0. The molecule has 3 N–H and O–H groups in total. The molecular weight excluding hydrogens is 427 g/mol. The summed E-state index contributed by atoms with van der Waals surface area (Å²) >= 11 is 6.22. The molecule has 0 fully saturated rings. The van der Waals surface area contributed by atoms with Crippen molar-refractivity contribution in [3.63, 3.8) is 0 Å². The van der Waals surface area contributed by atoms with Crippen LogP contribution in [0.4, 0.5) is 15.8 Å². The van der Waals surface area contributed by atoms with E-state index in [0.29, 0.717) is 5.69 Å². The highest BCUT2D eigenvalue weighted by Gasteiger charge is 2.22. The lowest BCUT2D eigenvalue weighted by Gasteiger charge is -2.11. The molecule has 112 valence electrons. The number of benzene rings is 2. The molecule has 2 rings (SSSR count). The standard InChI is InChI=1S/C13H11Br2FN2O2S/c1-7-2-8(14)4-10(3-7)18-21(19,20)12-6-9(17)5-11(15)13(12)16/h2-6,18H,17H2,1H3. The molecule has 0 aliphatic heterocycles. The van der Waals surface area contributed by atoms with E-state index < -0.39 is 20.7 Å².